The molecular formula is C13H20S4. The van der Waals surface area contributed by atoms with Crippen LogP contribution in [0.5, 0.6) is 0 Å². The van der Waals surface area contributed by atoms with E-state index in [0.29, 0.717) is 8.16 Å². The SMILES string of the molecule is C1CC2CC3(SCCS3)C(C1)CC21SCCS1. The van der Waals surface area contributed by atoms with Gasteiger partial charge in [0.05, 0.1) is 8.16 Å². The van der Waals surface area contributed by atoms with Crippen molar-refractivity contribution in [3.05, 3.63) is 0 Å². The van der Waals surface area contributed by atoms with Gasteiger partial charge < -0.3 is 0 Å². The van der Waals surface area contributed by atoms with E-state index in [4.69, 9.17) is 0 Å². The van der Waals surface area contributed by atoms with E-state index in [0.717, 1.165) is 11.8 Å². The molecule has 3 aliphatic carbocycles. The van der Waals surface area contributed by atoms with Gasteiger partial charge in [-0.2, -0.15) is 0 Å². The zero-order chi connectivity index (χ0) is 11.3. The minimum atomic E-state index is 0.663. The van der Waals surface area contributed by atoms with E-state index in [1.807, 2.05) is 0 Å². The lowest BCUT2D eigenvalue weighted by atomic mass is 9.82. The lowest BCUT2D eigenvalue weighted by molar-refractivity contribution is 0.292. The number of fused-ring (bicyclic) bond motifs is 2. The molecule has 2 aliphatic heterocycles. The highest BCUT2D eigenvalue weighted by Gasteiger charge is 2.58. The van der Waals surface area contributed by atoms with Crippen molar-refractivity contribution in [2.45, 2.75) is 40.3 Å². The summed E-state index contributed by atoms with van der Waals surface area (Å²) in [6.45, 7) is 0. The van der Waals surface area contributed by atoms with Gasteiger partial charge in [0.25, 0.3) is 0 Å². The maximum Gasteiger partial charge on any atom is 0.0643 e. The van der Waals surface area contributed by atoms with Crippen LogP contribution in [0, 0.1) is 11.8 Å². The fourth-order valence-electron chi connectivity index (χ4n) is 4.23. The summed E-state index contributed by atoms with van der Waals surface area (Å²) in [7, 11) is 0. The van der Waals surface area contributed by atoms with Gasteiger partial charge in [-0.3, -0.25) is 0 Å². The fraction of sp³-hybridized carbons (Fsp3) is 1.00. The van der Waals surface area contributed by atoms with Crippen LogP contribution in [0.1, 0.15) is 32.1 Å². The Kier molecular flexibility index (Phi) is 3.19. The molecule has 0 aromatic rings. The molecule has 5 aliphatic rings. The van der Waals surface area contributed by atoms with E-state index < -0.39 is 0 Å². The average Bonchev–Trinajstić information content (AvgIpc) is 2.87. The average molecular weight is 305 g/mol. The Bertz CT molecular complexity index is 275. The molecule has 2 unspecified atom stereocenters. The highest BCUT2D eigenvalue weighted by atomic mass is 32.2. The fourth-order valence-corrected chi connectivity index (χ4v) is 11.6. The quantitative estimate of drug-likeness (QED) is 0.643. The summed E-state index contributed by atoms with van der Waals surface area (Å²) in [5.74, 6) is 7.72. The summed E-state index contributed by atoms with van der Waals surface area (Å²) in [5.41, 5.74) is 0. The van der Waals surface area contributed by atoms with Crippen molar-refractivity contribution < 1.29 is 0 Å². The summed E-state index contributed by atoms with van der Waals surface area (Å²) in [4.78, 5) is 0. The van der Waals surface area contributed by atoms with Gasteiger partial charge in [-0.15, -0.1) is 47.0 Å². The first-order chi connectivity index (χ1) is 8.33. The first-order valence-electron chi connectivity index (χ1n) is 6.89. The van der Waals surface area contributed by atoms with Crippen molar-refractivity contribution in [3.63, 3.8) is 0 Å². The Hall–Kier alpha value is 1.40. The second kappa shape index (κ2) is 4.46. The van der Waals surface area contributed by atoms with Crippen molar-refractivity contribution in [1.82, 2.24) is 0 Å². The van der Waals surface area contributed by atoms with Gasteiger partial charge >= 0.3 is 0 Å². The minimum absolute atomic E-state index is 0.663. The molecule has 5 fully saturated rings. The van der Waals surface area contributed by atoms with Crippen LogP contribution in [0.3, 0.4) is 0 Å². The molecule has 5 rings (SSSR count). The summed E-state index contributed by atoms with van der Waals surface area (Å²) in [6, 6.07) is 0. The summed E-state index contributed by atoms with van der Waals surface area (Å²) >= 11 is 9.31. The summed E-state index contributed by atoms with van der Waals surface area (Å²) < 4.78 is 1.33. The predicted octanol–water partition coefficient (Wildman–Crippen LogP) is 4.55. The van der Waals surface area contributed by atoms with Crippen molar-refractivity contribution in [3.8, 4) is 0 Å². The highest BCUT2D eigenvalue weighted by molar-refractivity contribution is 8.22. The molecule has 2 bridgehead atoms. The number of rotatable bonds is 0. The smallest absolute Gasteiger partial charge is 0.0643 e. The Labute approximate surface area is 122 Å². The molecule has 2 saturated heterocycles. The van der Waals surface area contributed by atoms with Crippen LogP contribution in [0.4, 0.5) is 0 Å². The molecule has 0 aromatic heterocycles. The third kappa shape index (κ3) is 1.84. The van der Waals surface area contributed by atoms with Crippen LogP contribution < -0.4 is 0 Å². The molecule has 17 heavy (non-hydrogen) atoms. The first kappa shape index (κ1) is 12.2. The Morgan fingerprint density at radius 3 is 1.47 bits per heavy atom. The van der Waals surface area contributed by atoms with Crippen LogP contribution in [0.25, 0.3) is 0 Å². The molecule has 96 valence electrons. The Morgan fingerprint density at radius 1 is 0.647 bits per heavy atom. The molecule has 2 heterocycles. The van der Waals surface area contributed by atoms with E-state index in [1.54, 1.807) is 0 Å². The van der Waals surface area contributed by atoms with Gasteiger partial charge in [0.15, 0.2) is 0 Å². The third-order valence-corrected chi connectivity index (χ3v) is 12.5. The molecule has 0 radical (unpaired) electrons. The van der Waals surface area contributed by atoms with Crippen LogP contribution >= 0.6 is 47.0 Å². The number of hydrogen-bond donors (Lipinski definition) is 0. The van der Waals surface area contributed by atoms with Crippen molar-refractivity contribution in [1.29, 1.82) is 0 Å². The van der Waals surface area contributed by atoms with Crippen LogP contribution in [-0.2, 0) is 0 Å². The zero-order valence-electron chi connectivity index (χ0n) is 10.2. The Balaban J connectivity index is 1.67. The molecule has 0 nitrogen and oxygen atoms in total. The molecule has 2 atom stereocenters. The summed E-state index contributed by atoms with van der Waals surface area (Å²) in [5, 5.41) is 0. The first-order valence-corrected chi connectivity index (χ1v) is 10.8. The standard InChI is InChI=1S/C13H20S4/c1-2-10-8-13(16-6-7-17-13)11(3-1)9-12(10)14-4-5-15-12/h10-11H,1-9H2. The molecule has 2 spiro atoms. The van der Waals surface area contributed by atoms with Crippen molar-refractivity contribution in [2.75, 3.05) is 23.0 Å². The summed E-state index contributed by atoms with van der Waals surface area (Å²) in [6.07, 6.45) is 7.64. The molecule has 3 saturated carbocycles. The van der Waals surface area contributed by atoms with Crippen LogP contribution in [0.15, 0.2) is 0 Å². The van der Waals surface area contributed by atoms with Crippen molar-refractivity contribution in [2.24, 2.45) is 11.8 Å². The lowest BCUT2D eigenvalue weighted by Crippen LogP contribution is -2.45. The van der Waals surface area contributed by atoms with Crippen molar-refractivity contribution >= 4 is 47.0 Å². The van der Waals surface area contributed by atoms with E-state index >= 15 is 0 Å². The van der Waals surface area contributed by atoms with E-state index in [1.165, 1.54) is 55.1 Å². The monoisotopic (exact) mass is 304 g/mol. The van der Waals surface area contributed by atoms with E-state index in [2.05, 4.69) is 47.0 Å². The third-order valence-electron chi connectivity index (χ3n) is 4.96. The second-order valence-corrected chi connectivity index (χ2v) is 12.0. The maximum absolute atomic E-state index is 2.33. The molecule has 0 amide bonds. The number of thioether (sulfide) groups is 4. The molecular weight excluding hydrogens is 284 g/mol. The zero-order valence-corrected chi connectivity index (χ0v) is 13.4. The second-order valence-electron chi connectivity index (χ2n) is 5.75. The topological polar surface area (TPSA) is 0 Å². The largest absolute Gasteiger partial charge is 0.143 e. The normalized spacial score (nSPS) is 42.4. The minimum Gasteiger partial charge on any atom is -0.143 e. The van der Waals surface area contributed by atoms with Gasteiger partial charge in [0, 0.05) is 23.0 Å². The number of hydrogen-bond acceptors (Lipinski definition) is 4. The van der Waals surface area contributed by atoms with Crippen LogP contribution in [-0.4, -0.2) is 31.2 Å². The maximum atomic E-state index is 2.33. The van der Waals surface area contributed by atoms with Crippen LogP contribution in [0.2, 0.25) is 0 Å². The van der Waals surface area contributed by atoms with E-state index in [-0.39, 0.29) is 0 Å². The Morgan fingerprint density at radius 2 is 1.06 bits per heavy atom. The molecule has 0 N–H and O–H groups in total. The lowest BCUT2D eigenvalue weighted by Gasteiger charge is -2.49. The van der Waals surface area contributed by atoms with Gasteiger partial charge in [-0.05, 0) is 37.5 Å². The van der Waals surface area contributed by atoms with Gasteiger partial charge in [-0.1, -0.05) is 6.42 Å². The highest BCUT2D eigenvalue weighted by Crippen LogP contribution is 2.69. The predicted molar refractivity (Wildman–Crippen MR) is 85.4 cm³/mol. The molecule has 4 heteroatoms. The van der Waals surface area contributed by atoms with Gasteiger partial charge in [0.1, 0.15) is 0 Å². The van der Waals surface area contributed by atoms with Gasteiger partial charge in [0.2, 0.25) is 0 Å². The molecule has 0 aromatic carbocycles. The van der Waals surface area contributed by atoms with Gasteiger partial charge in [-0.25, -0.2) is 0 Å². The van der Waals surface area contributed by atoms with E-state index in [9.17, 15) is 0 Å².